The third-order valence-electron chi connectivity index (χ3n) is 1.06. The van der Waals surface area contributed by atoms with E-state index in [0.717, 1.165) is 19.3 Å². The van der Waals surface area contributed by atoms with Crippen LogP contribution in [0.4, 0.5) is 0 Å². The molecule has 0 atom stereocenters. The van der Waals surface area contributed by atoms with E-state index in [-0.39, 0.29) is 70.6 Å². The third kappa shape index (κ3) is 111. The van der Waals surface area contributed by atoms with Gasteiger partial charge in [0, 0.05) is 42.1 Å². The number of hydrogen-bond donors (Lipinski definition) is 0. The molecule has 3 nitrogen and oxygen atoms in total. The van der Waals surface area contributed by atoms with Crippen LogP contribution < -0.4 is 0 Å². The molecule has 0 aliphatic rings. The van der Waals surface area contributed by atoms with Gasteiger partial charge in [0.25, 0.3) is 0 Å². The van der Waals surface area contributed by atoms with Crippen molar-refractivity contribution in [2.75, 3.05) is 0 Å². The largest absolute Gasteiger partial charge is 2.00 e. The predicted molar refractivity (Wildman–Crippen MR) is 68.2 cm³/mol. The van der Waals surface area contributed by atoms with E-state index in [9.17, 15) is 14.4 Å². The van der Waals surface area contributed by atoms with Crippen molar-refractivity contribution in [1.29, 1.82) is 0 Å². The summed E-state index contributed by atoms with van der Waals surface area (Å²) in [5, 5.41) is 0. The minimum atomic E-state index is 0. The maximum atomic E-state index is 9.28. The fraction of sp³-hybridized carbons (Fsp3) is 0.692. The first-order valence-corrected chi connectivity index (χ1v) is 5.29. The molecule has 0 N–H and O–H groups in total. The molecule has 0 aromatic carbocycles. The average molecular weight is 780 g/mol. The van der Waals surface area contributed by atoms with Crippen LogP contribution in [0.15, 0.2) is 0 Å². The van der Waals surface area contributed by atoms with Crippen LogP contribution in [0.3, 0.4) is 0 Å². The van der Waals surface area contributed by atoms with Gasteiger partial charge in [-0.2, -0.15) is 19.3 Å². The van der Waals surface area contributed by atoms with Crippen molar-refractivity contribution >= 4 is 18.9 Å². The SMILES string of the molecule is CCC[C-]=O.CCC[C-]=O.CCC[C-]=O.[CH3-].[W+2].[W].[W]. The summed E-state index contributed by atoms with van der Waals surface area (Å²) in [5.74, 6) is 0. The summed E-state index contributed by atoms with van der Waals surface area (Å²) in [5.41, 5.74) is 0. The van der Waals surface area contributed by atoms with E-state index >= 15 is 0 Å². The molecule has 0 rings (SSSR count). The topological polar surface area (TPSA) is 51.2 Å². The molecule has 0 bridgehead atoms. The molecule has 0 saturated heterocycles. The van der Waals surface area contributed by atoms with E-state index in [1.54, 1.807) is 18.9 Å². The zero-order chi connectivity index (χ0) is 12.4. The zero-order valence-electron chi connectivity index (χ0n) is 12.2. The van der Waals surface area contributed by atoms with Crippen LogP contribution in [0.5, 0.6) is 0 Å². The first kappa shape index (κ1) is 42.7. The summed E-state index contributed by atoms with van der Waals surface area (Å²) >= 11 is 0. The van der Waals surface area contributed by atoms with E-state index in [2.05, 4.69) is 0 Å². The fourth-order valence-corrected chi connectivity index (χ4v) is 0.306. The van der Waals surface area contributed by atoms with Gasteiger partial charge in [-0.25, -0.2) is 0 Å². The molecule has 0 aliphatic carbocycles. The van der Waals surface area contributed by atoms with Crippen LogP contribution >= 0.6 is 0 Å². The maximum absolute atomic E-state index is 9.28. The molecule has 0 aliphatic heterocycles. The Labute approximate surface area is 162 Å². The maximum Gasteiger partial charge on any atom is 2.00 e. The van der Waals surface area contributed by atoms with Crippen molar-refractivity contribution in [3.63, 3.8) is 0 Å². The van der Waals surface area contributed by atoms with Crippen molar-refractivity contribution < 1.29 is 77.6 Å². The van der Waals surface area contributed by atoms with Gasteiger partial charge >= 0.3 is 21.1 Å². The molecule has 6 heteroatoms. The van der Waals surface area contributed by atoms with Gasteiger partial charge in [-0.15, -0.1) is 0 Å². The van der Waals surface area contributed by atoms with Crippen molar-refractivity contribution in [2.45, 2.75) is 59.3 Å². The van der Waals surface area contributed by atoms with Crippen molar-refractivity contribution in [3.05, 3.63) is 7.43 Å². The van der Waals surface area contributed by atoms with Gasteiger partial charge in [0.1, 0.15) is 0 Å². The molecule has 114 valence electrons. The minimum absolute atomic E-state index is 0. The fourth-order valence-electron chi connectivity index (χ4n) is 0.306. The summed E-state index contributed by atoms with van der Waals surface area (Å²) < 4.78 is 0. The second-order valence-electron chi connectivity index (χ2n) is 2.68. The van der Waals surface area contributed by atoms with Gasteiger partial charge < -0.3 is 21.8 Å². The van der Waals surface area contributed by atoms with Crippen molar-refractivity contribution in [3.8, 4) is 0 Å². The Morgan fingerprint density at radius 3 is 0.789 bits per heavy atom. The van der Waals surface area contributed by atoms with Crippen molar-refractivity contribution in [1.82, 2.24) is 0 Å². The molecule has 0 aromatic rings. The molecule has 19 heavy (non-hydrogen) atoms. The molecule has 0 radical (unpaired) electrons. The van der Waals surface area contributed by atoms with E-state index in [1.807, 2.05) is 20.8 Å². The molecule has 0 unspecified atom stereocenters. The van der Waals surface area contributed by atoms with Crippen LogP contribution in [-0.4, -0.2) is 18.9 Å². The first-order chi connectivity index (χ1) is 7.24. The van der Waals surface area contributed by atoms with Crippen LogP contribution in [0.25, 0.3) is 0 Å². The average Bonchev–Trinajstić information content (AvgIpc) is 2.23. The van der Waals surface area contributed by atoms with Crippen molar-refractivity contribution in [2.24, 2.45) is 0 Å². The second kappa shape index (κ2) is 61.4. The Hall–Kier alpha value is 1.07. The molecule has 0 amide bonds. The van der Waals surface area contributed by atoms with Crippen LogP contribution in [0, 0.1) is 7.43 Å². The summed E-state index contributed by atoms with van der Waals surface area (Å²) in [6.07, 6.45) is 9.81. The van der Waals surface area contributed by atoms with Crippen LogP contribution in [0.2, 0.25) is 0 Å². The molecule has 0 aromatic heterocycles. The van der Waals surface area contributed by atoms with Gasteiger partial charge in [0.15, 0.2) is 0 Å². The minimum Gasteiger partial charge on any atom is -0.542 e. The van der Waals surface area contributed by atoms with E-state index in [1.165, 1.54) is 0 Å². The van der Waals surface area contributed by atoms with E-state index in [0.29, 0.717) is 19.3 Å². The summed E-state index contributed by atoms with van der Waals surface area (Å²) in [4.78, 5) is 27.8. The molecule has 0 heterocycles. The Kier molecular flexibility index (Phi) is 138. The quantitative estimate of drug-likeness (QED) is 0.390. The van der Waals surface area contributed by atoms with Crippen LogP contribution in [0.1, 0.15) is 59.3 Å². The number of hydrogen-bond acceptors (Lipinski definition) is 3. The molecule has 0 fully saturated rings. The summed E-state index contributed by atoms with van der Waals surface area (Å²) in [6, 6.07) is 0. The first-order valence-electron chi connectivity index (χ1n) is 5.29. The van der Waals surface area contributed by atoms with Gasteiger partial charge in [0.2, 0.25) is 0 Å². The normalized spacial score (nSPS) is 5.84. The Bertz CT molecular complexity index is 111. The Morgan fingerprint density at radius 1 is 0.632 bits per heavy atom. The molecule has 0 spiro atoms. The van der Waals surface area contributed by atoms with Gasteiger partial charge in [-0.1, -0.05) is 40.0 Å². The summed E-state index contributed by atoms with van der Waals surface area (Å²) in [6.45, 7) is 5.85. The predicted octanol–water partition coefficient (Wildman–Crippen LogP) is 3.13. The second-order valence-corrected chi connectivity index (χ2v) is 2.68. The summed E-state index contributed by atoms with van der Waals surface area (Å²) in [7, 11) is 0. The number of rotatable bonds is 6. The number of carbonyl (C=O) groups excluding carboxylic acids is 3. The van der Waals surface area contributed by atoms with Gasteiger partial charge in [-0.05, 0) is 0 Å². The molecular formula is C13H24O3W3-2. The smallest absolute Gasteiger partial charge is 0.542 e. The standard InChI is InChI=1S/3C4H7O.CH3.3W/c3*1-2-3-4-5;;;;/h3*2-3H2,1H3;1H3;;;/q4*-1;;;+2. The van der Waals surface area contributed by atoms with E-state index in [4.69, 9.17) is 0 Å². The third-order valence-corrected chi connectivity index (χ3v) is 1.06. The Balaban J connectivity index is -0.0000000206. The molecule has 0 saturated carbocycles. The zero-order valence-corrected chi connectivity index (χ0v) is 21.0. The van der Waals surface area contributed by atoms with Gasteiger partial charge in [0.05, 0.1) is 0 Å². The monoisotopic (exact) mass is 780 g/mol. The molecular weight excluding hydrogens is 756 g/mol. The Morgan fingerprint density at radius 2 is 0.789 bits per heavy atom. The van der Waals surface area contributed by atoms with E-state index < -0.39 is 0 Å². The van der Waals surface area contributed by atoms with Gasteiger partial charge in [-0.3, -0.25) is 18.9 Å². The number of unbranched alkanes of at least 4 members (excludes halogenated alkanes) is 3. The van der Waals surface area contributed by atoms with Crippen LogP contribution in [-0.2, 0) is 77.6 Å².